The first-order valence-electron chi connectivity index (χ1n) is 8.94. The van der Waals surface area contributed by atoms with E-state index in [2.05, 4.69) is 5.32 Å². The van der Waals surface area contributed by atoms with Crippen LogP contribution in [-0.4, -0.2) is 30.5 Å². The van der Waals surface area contributed by atoms with Gasteiger partial charge in [-0.25, -0.2) is 4.79 Å². The van der Waals surface area contributed by atoms with Crippen molar-refractivity contribution in [3.8, 4) is 0 Å². The van der Waals surface area contributed by atoms with Crippen molar-refractivity contribution in [3.05, 3.63) is 83.6 Å². The minimum atomic E-state index is -1.06. The molecular weight excluding hydrogens is 372 g/mol. The smallest absolute Gasteiger partial charge is 0.329 e. The Hall–Kier alpha value is -3.74. The first-order valence-corrected chi connectivity index (χ1v) is 8.94. The van der Waals surface area contributed by atoms with E-state index in [0.717, 1.165) is 17.3 Å². The Bertz CT molecular complexity index is 840. The standard InChI is InChI=1S/C22H22N2O5/c23-12-19(14-25)13-24-20(22(27)29-16-18-9-5-2-6-10-18)11-21(26)28-15-17-7-3-1-4-8-17/h1-10,12-14,20,23-24H,11,15-16H2/b19-13+,23-12?. The molecule has 29 heavy (non-hydrogen) atoms. The Kier molecular flexibility index (Phi) is 8.82. The van der Waals surface area contributed by atoms with E-state index in [1.807, 2.05) is 60.7 Å². The number of hydrogen-bond donors (Lipinski definition) is 2. The zero-order chi connectivity index (χ0) is 20.9. The van der Waals surface area contributed by atoms with Gasteiger partial charge in [0.25, 0.3) is 0 Å². The van der Waals surface area contributed by atoms with E-state index in [1.54, 1.807) is 0 Å². The second-order valence-electron chi connectivity index (χ2n) is 6.07. The zero-order valence-electron chi connectivity index (χ0n) is 15.7. The van der Waals surface area contributed by atoms with Gasteiger partial charge in [0.2, 0.25) is 0 Å². The fourth-order valence-corrected chi connectivity index (χ4v) is 2.31. The number of nitrogens with one attached hydrogen (secondary N) is 2. The monoisotopic (exact) mass is 394 g/mol. The molecule has 0 heterocycles. The van der Waals surface area contributed by atoms with Gasteiger partial charge in [-0.05, 0) is 11.1 Å². The summed E-state index contributed by atoms with van der Waals surface area (Å²) in [5.74, 6) is -1.27. The van der Waals surface area contributed by atoms with Crippen molar-refractivity contribution in [2.45, 2.75) is 25.7 Å². The minimum Gasteiger partial charge on any atom is -0.461 e. The highest BCUT2D eigenvalue weighted by atomic mass is 16.5. The fourth-order valence-electron chi connectivity index (χ4n) is 2.31. The molecule has 0 spiro atoms. The van der Waals surface area contributed by atoms with Crippen molar-refractivity contribution >= 4 is 24.4 Å². The highest BCUT2D eigenvalue weighted by Gasteiger charge is 2.23. The van der Waals surface area contributed by atoms with Crippen LogP contribution in [0.15, 0.2) is 72.4 Å². The number of ether oxygens (including phenoxy) is 2. The van der Waals surface area contributed by atoms with E-state index in [9.17, 15) is 14.4 Å². The molecule has 7 heteroatoms. The van der Waals surface area contributed by atoms with Crippen LogP contribution in [0.2, 0.25) is 0 Å². The number of hydrogen-bond acceptors (Lipinski definition) is 7. The summed E-state index contributed by atoms with van der Waals surface area (Å²) in [6.45, 7) is 0.132. The first-order chi connectivity index (χ1) is 14.1. The molecule has 2 aromatic carbocycles. The number of rotatable bonds is 11. The Balaban J connectivity index is 1.97. The van der Waals surface area contributed by atoms with Crippen LogP contribution in [0.4, 0.5) is 0 Å². The largest absolute Gasteiger partial charge is 0.461 e. The van der Waals surface area contributed by atoms with Crippen LogP contribution in [0.25, 0.3) is 0 Å². The minimum absolute atomic E-state index is 0.0171. The lowest BCUT2D eigenvalue weighted by atomic mass is 10.2. The summed E-state index contributed by atoms with van der Waals surface area (Å²) >= 11 is 0. The van der Waals surface area contributed by atoms with Crippen molar-refractivity contribution in [1.29, 1.82) is 5.41 Å². The van der Waals surface area contributed by atoms with Gasteiger partial charge in [0.15, 0.2) is 6.29 Å². The second-order valence-corrected chi connectivity index (χ2v) is 6.07. The van der Waals surface area contributed by atoms with Gasteiger partial charge in [0.05, 0.1) is 6.42 Å². The Morgan fingerprint density at radius 2 is 1.48 bits per heavy atom. The molecule has 0 radical (unpaired) electrons. The molecule has 0 bridgehead atoms. The average molecular weight is 394 g/mol. The van der Waals surface area contributed by atoms with Crippen molar-refractivity contribution in [2.24, 2.45) is 0 Å². The second kappa shape index (κ2) is 11.9. The van der Waals surface area contributed by atoms with Gasteiger partial charge in [-0.1, -0.05) is 60.7 Å². The van der Waals surface area contributed by atoms with Crippen molar-refractivity contribution in [2.75, 3.05) is 0 Å². The van der Waals surface area contributed by atoms with Crippen LogP contribution in [0.5, 0.6) is 0 Å². The molecule has 2 N–H and O–H groups in total. The molecule has 0 saturated carbocycles. The molecule has 150 valence electrons. The zero-order valence-corrected chi connectivity index (χ0v) is 15.7. The Morgan fingerprint density at radius 1 is 0.931 bits per heavy atom. The summed E-state index contributed by atoms with van der Waals surface area (Å²) in [5, 5.41) is 9.80. The van der Waals surface area contributed by atoms with E-state index < -0.39 is 18.0 Å². The molecule has 0 fully saturated rings. The molecule has 1 atom stereocenters. The summed E-state index contributed by atoms with van der Waals surface area (Å²) in [4.78, 5) is 35.5. The van der Waals surface area contributed by atoms with Gasteiger partial charge in [-0.15, -0.1) is 0 Å². The fraction of sp³-hybridized carbons (Fsp3) is 0.182. The Labute approximate surface area is 168 Å². The summed E-state index contributed by atoms with van der Waals surface area (Å²) in [6.07, 6.45) is 2.19. The SMILES string of the molecule is N=C/C(C=O)=C\NC(CC(=O)OCc1ccccc1)C(=O)OCc1ccccc1. The van der Waals surface area contributed by atoms with Crippen LogP contribution >= 0.6 is 0 Å². The highest BCUT2D eigenvalue weighted by molar-refractivity contribution is 6.00. The van der Waals surface area contributed by atoms with Crippen molar-refractivity contribution < 1.29 is 23.9 Å². The van der Waals surface area contributed by atoms with Crippen molar-refractivity contribution in [3.63, 3.8) is 0 Å². The molecule has 0 amide bonds. The van der Waals surface area contributed by atoms with Crippen LogP contribution < -0.4 is 5.32 Å². The molecular formula is C22H22N2O5. The number of carbonyl (C=O) groups excluding carboxylic acids is 3. The third kappa shape index (κ3) is 7.80. The normalized spacial score (nSPS) is 11.8. The summed E-state index contributed by atoms with van der Waals surface area (Å²) in [7, 11) is 0. The summed E-state index contributed by atoms with van der Waals surface area (Å²) in [6, 6.07) is 17.2. The Morgan fingerprint density at radius 3 is 2.00 bits per heavy atom. The number of allylic oxidation sites excluding steroid dienone is 1. The summed E-state index contributed by atoms with van der Waals surface area (Å²) < 4.78 is 10.5. The van der Waals surface area contributed by atoms with E-state index in [-0.39, 0.29) is 25.2 Å². The van der Waals surface area contributed by atoms with E-state index in [4.69, 9.17) is 14.9 Å². The highest BCUT2D eigenvalue weighted by Crippen LogP contribution is 2.07. The first kappa shape index (κ1) is 21.6. The van der Waals surface area contributed by atoms with Gasteiger partial charge >= 0.3 is 11.9 Å². The van der Waals surface area contributed by atoms with E-state index >= 15 is 0 Å². The predicted octanol–water partition coefficient (Wildman–Crippen LogP) is 2.55. The number of esters is 2. The molecule has 0 aliphatic heterocycles. The number of carbonyl (C=O) groups is 3. The van der Waals surface area contributed by atoms with Gasteiger partial charge in [-0.2, -0.15) is 0 Å². The lowest BCUT2D eigenvalue weighted by Crippen LogP contribution is -2.37. The number of benzene rings is 2. The maximum absolute atomic E-state index is 12.4. The lowest BCUT2D eigenvalue weighted by molar-refractivity contribution is -0.153. The van der Waals surface area contributed by atoms with Crippen LogP contribution in [-0.2, 0) is 37.1 Å². The summed E-state index contributed by atoms with van der Waals surface area (Å²) in [5.41, 5.74) is 1.64. The van der Waals surface area contributed by atoms with Crippen LogP contribution in [0.3, 0.4) is 0 Å². The van der Waals surface area contributed by atoms with Gasteiger partial charge in [0, 0.05) is 18.0 Å². The van der Waals surface area contributed by atoms with Crippen LogP contribution in [0.1, 0.15) is 17.5 Å². The molecule has 0 saturated heterocycles. The average Bonchev–Trinajstić information content (AvgIpc) is 2.77. The third-order valence-electron chi connectivity index (χ3n) is 3.88. The van der Waals surface area contributed by atoms with Gasteiger partial charge < -0.3 is 20.2 Å². The quantitative estimate of drug-likeness (QED) is 0.263. The molecule has 1 unspecified atom stereocenters. The molecule has 0 aliphatic carbocycles. The maximum Gasteiger partial charge on any atom is 0.329 e. The van der Waals surface area contributed by atoms with Gasteiger partial charge in [-0.3, -0.25) is 9.59 Å². The molecule has 2 rings (SSSR count). The number of aldehydes is 1. The topological polar surface area (TPSA) is 106 Å². The predicted molar refractivity (Wildman–Crippen MR) is 107 cm³/mol. The van der Waals surface area contributed by atoms with Crippen LogP contribution in [0, 0.1) is 5.41 Å². The molecule has 7 nitrogen and oxygen atoms in total. The van der Waals surface area contributed by atoms with E-state index in [1.165, 1.54) is 6.20 Å². The van der Waals surface area contributed by atoms with Crippen molar-refractivity contribution in [1.82, 2.24) is 5.32 Å². The van der Waals surface area contributed by atoms with E-state index in [0.29, 0.717) is 6.29 Å². The molecule has 0 aliphatic rings. The third-order valence-corrected chi connectivity index (χ3v) is 3.88. The maximum atomic E-state index is 12.4. The molecule has 0 aromatic heterocycles. The molecule has 2 aromatic rings. The lowest BCUT2D eigenvalue weighted by Gasteiger charge is -2.16. The van der Waals surface area contributed by atoms with Gasteiger partial charge in [0.1, 0.15) is 19.3 Å².